The fourth-order valence-electron chi connectivity index (χ4n) is 2.61. The van der Waals surface area contributed by atoms with E-state index in [1.165, 1.54) is 17.7 Å². The van der Waals surface area contributed by atoms with Crippen LogP contribution in [-0.4, -0.2) is 35.3 Å². The van der Waals surface area contributed by atoms with E-state index in [2.05, 4.69) is 22.4 Å². The van der Waals surface area contributed by atoms with Gasteiger partial charge in [0.1, 0.15) is 18.5 Å². The Labute approximate surface area is 136 Å². The van der Waals surface area contributed by atoms with Gasteiger partial charge in [-0.2, -0.15) is 0 Å². The van der Waals surface area contributed by atoms with E-state index >= 15 is 0 Å². The van der Waals surface area contributed by atoms with Gasteiger partial charge in [0.2, 0.25) is 0 Å². The topological polar surface area (TPSA) is 32.7 Å². The Morgan fingerprint density at radius 1 is 1.27 bits per heavy atom. The highest BCUT2D eigenvalue weighted by Crippen LogP contribution is 2.29. The molecular formula is C18H23NO2S. The summed E-state index contributed by atoms with van der Waals surface area (Å²) in [5.41, 5.74) is 1.10. The van der Waals surface area contributed by atoms with E-state index in [1.54, 1.807) is 11.3 Å². The molecule has 118 valence electrons. The number of benzene rings is 1. The molecular weight excluding hydrogens is 294 g/mol. The Hall–Kier alpha value is -1.36. The van der Waals surface area contributed by atoms with Gasteiger partial charge in [-0.1, -0.05) is 24.3 Å². The second-order valence-corrected chi connectivity index (χ2v) is 7.00. The van der Waals surface area contributed by atoms with Crippen molar-refractivity contribution in [3.05, 3.63) is 52.2 Å². The summed E-state index contributed by atoms with van der Waals surface area (Å²) in [5, 5.41) is 12.4. The molecule has 4 heteroatoms. The predicted molar refractivity (Wildman–Crippen MR) is 90.4 cm³/mol. The van der Waals surface area contributed by atoms with Gasteiger partial charge in [-0.25, -0.2) is 0 Å². The van der Waals surface area contributed by atoms with Gasteiger partial charge in [0.05, 0.1) is 0 Å². The van der Waals surface area contributed by atoms with Crippen molar-refractivity contribution in [1.82, 2.24) is 4.90 Å². The predicted octanol–water partition coefficient (Wildman–Crippen LogP) is 3.46. The Bertz CT molecular complexity index is 581. The third-order valence-electron chi connectivity index (χ3n) is 3.97. The molecule has 1 aliphatic carbocycles. The Morgan fingerprint density at radius 2 is 2.09 bits per heavy atom. The van der Waals surface area contributed by atoms with Gasteiger partial charge in [-0.15, -0.1) is 11.3 Å². The van der Waals surface area contributed by atoms with Crippen molar-refractivity contribution in [3.8, 4) is 5.75 Å². The maximum Gasteiger partial charge on any atom is 0.122 e. The van der Waals surface area contributed by atoms with Crippen molar-refractivity contribution < 1.29 is 9.84 Å². The molecule has 0 aliphatic heterocycles. The summed E-state index contributed by atoms with van der Waals surface area (Å²) < 4.78 is 5.76. The fourth-order valence-corrected chi connectivity index (χ4v) is 3.34. The van der Waals surface area contributed by atoms with Crippen LogP contribution < -0.4 is 4.74 Å². The highest BCUT2D eigenvalue weighted by Gasteiger charge is 2.30. The van der Waals surface area contributed by atoms with Gasteiger partial charge >= 0.3 is 0 Å². The molecule has 1 aromatic heterocycles. The molecule has 1 N–H and O–H groups in total. The normalized spacial score (nSPS) is 16.0. The number of aryl methyl sites for hydroxylation is 1. The number of nitrogens with zero attached hydrogens (tertiary/aromatic N) is 1. The summed E-state index contributed by atoms with van der Waals surface area (Å²) in [6.07, 6.45) is 2.04. The molecule has 1 atom stereocenters. The van der Waals surface area contributed by atoms with Crippen LogP contribution in [0.1, 0.15) is 23.3 Å². The zero-order valence-corrected chi connectivity index (χ0v) is 13.8. The molecule has 0 bridgehead atoms. The molecule has 1 aliphatic rings. The first-order chi connectivity index (χ1) is 10.7. The van der Waals surface area contributed by atoms with Crippen molar-refractivity contribution in [2.45, 2.75) is 38.5 Å². The van der Waals surface area contributed by atoms with Gasteiger partial charge in [0, 0.05) is 24.0 Å². The summed E-state index contributed by atoms with van der Waals surface area (Å²) in [6, 6.07) is 12.8. The number of ether oxygens (including phenoxy) is 1. The van der Waals surface area contributed by atoms with Gasteiger partial charge in [-0.05, 0) is 42.8 Å². The standard InChI is InChI=1S/C18H23NO2S/c1-14-5-2-3-7-18(14)21-13-16(20)11-19(15-8-9-15)12-17-6-4-10-22-17/h2-7,10,15-16,20H,8-9,11-13H2,1H3. The molecule has 0 saturated heterocycles. The van der Waals surface area contributed by atoms with Crippen molar-refractivity contribution in [3.63, 3.8) is 0 Å². The number of aliphatic hydroxyl groups is 1. The van der Waals surface area contributed by atoms with Crippen molar-refractivity contribution in [2.75, 3.05) is 13.2 Å². The molecule has 0 radical (unpaired) electrons. The van der Waals surface area contributed by atoms with E-state index in [0.717, 1.165) is 17.9 Å². The number of hydrogen-bond acceptors (Lipinski definition) is 4. The van der Waals surface area contributed by atoms with Crippen LogP contribution in [0.2, 0.25) is 0 Å². The lowest BCUT2D eigenvalue weighted by atomic mass is 10.2. The second kappa shape index (κ2) is 7.27. The average molecular weight is 317 g/mol. The molecule has 0 amide bonds. The maximum atomic E-state index is 10.3. The summed E-state index contributed by atoms with van der Waals surface area (Å²) >= 11 is 1.78. The van der Waals surface area contributed by atoms with Crippen LogP contribution in [0.15, 0.2) is 41.8 Å². The average Bonchev–Trinajstić information content (AvgIpc) is 3.24. The van der Waals surface area contributed by atoms with E-state index < -0.39 is 6.10 Å². The van der Waals surface area contributed by atoms with Crippen LogP contribution in [-0.2, 0) is 6.54 Å². The third-order valence-corrected chi connectivity index (χ3v) is 4.83. The van der Waals surface area contributed by atoms with E-state index in [9.17, 15) is 5.11 Å². The minimum atomic E-state index is -0.458. The van der Waals surface area contributed by atoms with Crippen molar-refractivity contribution in [1.29, 1.82) is 0 Å². The lowest BCUT2D eigenvalue weighted by Crippen LogP contribution is -2.36. The quantitative estimate of drug-likeness (QED) is 0.809. The van der Waals surface area contributed by atoms with E-state index in [-0.39, 0.29) is 0 Å². The minimum Gasteiger partial charge on any atom is -0.491 e. The number of thiophene rings is 1. The van der Waals surface area contributed by atoms with E-state index in [0.29, 0.717) is 19.2 Å². The lowest BCUT2D eigenvalue weighted by Gasteiger charge is -2.24. The van der Waals surface area contributed by atoms with Gasteiger partial charge in [0.15, 0.2) is 0 Å². The monoisotopic (exact) mass is 317 g/mol. The number of para-hydroxylation sites is 1. The molecule has 1 fully saturated rings. The highest BCUT2D eigenvalue weighted by atomic mass is 32.1. The zero-order chi connectivity index (χ0) is 15.4. The number of hydrogen-bond donors (Lipinski definition) is 1. The molecule has 3 nitrogen and oxygen atoms in total. The zero-order valence-electron chi connectivity index (χ0n) is 12.9. The molecule has 1 unspecified atom stereocenters. The first-order valence-corrected chi connectivity index (χ1v) is 8.73. The van der Waals surface area contributed by atoms with E-state index in [4.69, 9.17) is 4.74 Å². The molecule has 3 rings (SSSR count). The third kappa shape index (κ3) is 4.32. The summed E-state index contributed by atoms with van der Waals surface area (Å²) in [7, 11) is 0. The maximum absolute atomic E-state index is 10.3. The van der Waals surface area contributed by atoms with Crippen LogP contribution in [0, 0.1) is 6.92 Å². The summed E-state index contributed by atoms with van der Waals surface area (Å²) in [4.78, 5) is 3.75. The van der Waals surface area contributed by atoms with Gasteiger partial charge in [-0.3, -0.25) is 4.90 Å². The first-order valence-electron chi connectivity index (χ1n) is 7.85. The van der Waals surface area contributed by atoms with Gasteiger partial charge in [0.25, 0.3) is 0 Å². The Morgan fingerprint density at radius 3 is 2.77 bits per heavy atom. The largest absolute Gasteiger partial charge is 0.491 e. The van der Waals surface area contributed by atoms with Crippen LogP contribution in [0.5, 0.6) is 5.75 Å². The summed E-state index contributed by atoms with van der Waals surface area (Å²) in [5.74, 6) is 0.859. The molecule has 22 heavy (non-hydrogen) atoms. The van der Waals surface area contributed by atoms with Gasteiger partial charge < -0.3 is 9.84 Å². The Kier molecular flexibility index (Phi) is 5.13. The molecule has 1 heterocycles. The SMILES string of the molecule is Cc1ccccc1OCC(O)CN(Cc1cccs1)C1CC1. The highest BCUT2D eigenvalue weighted by molar-refractivity contribution is 7.09. The number of aliphatic hydroxyl groups excluding tert-OH is 1. The lowest BCUT2D eigenvalue weighted by molar-refractivity contribution is 0.0628. The van der Waals surface area contributed by atoms with Crippen molar-refractivity contribution in [2.24, 2.45) is 0 Å². The minimum absolute atomic E-state index is 0.346. The molecule has 1 aromatic carbocycles. The first kappa shape index (κ1) is 15.5. The van der Waals surface area contributed by atoms with E-state index in [1.807, 2.05) is 31.2 Å². The van der Waals surface area contributed by atoms with Crippen LogP contribution in [0.4, 0.5) is 0 Å². The van der Waals surface area contributed by atoms with Crippen LogP contribution in [0.25, 0.3) is 0 Å². The second-order valence-electron chi connectivity index (χ2n) is 5.97. The molecule has 2 aromatic rings. The smallest absolute Gasteiger partial charge is 0.122 e. The number of rotatable bonds is 8. The van der Waals surface area contributed by atoms with Crippen LogP contribution in [0.3, 0.4) is 0 Å². The van der Waals surface area contributed by atoms with Crippen LogP contribution >= 0.6 is 11.3 Å². The summed E-state index contributed by atoms with van der Waals surface area (Å²) in [6.45, 7) is 3.98. The molecule has 0 spiro atoms. The molecule has 1 saturated carbocycles. The fraction of sp³-hybridized carbons (Fsp3) is 0.444. The van der Waals surface area contributed by atoms with Crippen molar-refractivity contribution >= 4 is 11.3 Å². The Balaban J connectivity index is 1.51.